The molecule has 1 atom stereocenters. The molecule has 1 saturated heterocycles. The molecule has 0 saturated carbocycles. The van der Waals surface area contributed by atoms with E-state index in [-0.39, 0.29) is 24.2 Å². The summed E-state index contributed by atoms with van der Waals surface area (Å²) in [5, 5.41) is 3.66. The van der Waals surface area contributed by atoms with Crippen LogP contribution in [0.1, 0.15) is 38.5 Å². The number of benzene rings is 1. The van der Waals surface area contributed by atoms with Crippen molar-refractivity contribution in [3.63, 3.8) is 0 Å². The van der Waals surface area contributed by atoms with Crippen LogP contribution >= 0.6 is 23.2 Å². The number of anilines is 1. The van der Waals surface area contributed by atoms with Crippen LogP contribution in [0, 0.1) is 5.92 Å². The molecule has 0 spiro atoms. The van der Waals surface area contributed by atoms with Gasteiger partial charge in [-0.1, -0.05) is 34.9 Å². The number of carbonyl (C=O) groups is 2. The molecule has 6 heteroatoms. The predicted octanol–water partition coefficient (Wildman–Crippen LogP) is 4.67. The van der Waals surface area contributed by atoms with E-state index in [1.165, 1.54) is 18.4 Å². The van der Waals surface area contributed by atoms with Gasteiger partial charge in [0.1, 0.15) is 0 Å². The summed E-state index contributed by atoms with van der Waals surface area (Å²) in [6.07, 6.45) is 8.30. The Balaban J connectivity index is 1.53. The number of nitrogens with one attached hydrogen (secondary N) is 1. The molecular formula is C19H22Cl2N2O2. The molecule has 1 heterocycles. The molecule has 1 unspecified atom stereocenters. The monoisotopic (exact) mass is 380 g/mol. The van der Waals surface area contributed by atoms with Gasteiger partial charge in [0.25, 0.3) is 0 Å². The molecule has 2 amide bonds. The summed E-state index contributed by atoms with van der Waals surface area (Å²) in [5.74, 6) is -0.404. The van der Waals surface area contributed by atoms with E-state index in [0.29, 0.717) is 28.8 Å². The zero-order valence-electron chi connectivity index (χ0n) is 14.1. The van der Waals surface area contributed by atoms with E-state index in [9.17, 15) is 9.59 Å². The lowest BCUT2D eigenvalue weighted by Gasteiger charge is -2.19. The summed E-state index contributed by atoms with van der Waals surface area (Å²) in [5.41, 5.74) is 2.04. The van der Waals surface area contributed by atoms with Crippen LogP contribution in [-0.4, -0.2) is 29.8 Å². The van der Waals surface area contributed by atoms with Crippen molar-refractivity contribution in [1.29, 1.82) is 0 Å². The molecule has 0 aromatic heterocycles. The molecule has 2 aliphatic rings. The molecule has 134 valence electrons. The molecule has 1 fully saturated rings. The molecule has 25 heavy (non-hydrogen) atoms. The minimum absolute atomic E-state index is 0.0608. The number of hydrogen-bond acceptors (Lipinski definition) is 2. The Morgan fingerprint density at radius 1 is 1.24 bits per heavy atom. The summed E-state index contributed by atoms with van der Waals surface area (Å²) < 4.78 is 0. The maximum absolute atomic E-state index is 12.4. The summed E-state index contributed by atoms with van der Waals surface area (Å²) in [7, 11) is 0. The second-order valence-corrected chi connectivity index (χ2v) is 7.53. The largest absolute Gasteiger partial charge is 0.342 e. The fraction of sp³-hybridized carbons (Fsp3) is 0.474. The van der Waals surface area contributed by atoms with Gasteiger partial charge in [-0.15, -0.1) is 0 Å². The van der Waals surface area contributed by atoms with Gasteiger partial charge in [0.2, 0.25) is 11.8 Å². The van der Waals surface area contributed by atoms with Gasteiger partial charge in [-0.25, -0.2) is 0 Å². The number of halogens is 2. The average Bonchev–Trinajstić information content (AvgIpc) is 2.98. The summed E-state index contributed by atoms with van der Waals surface area (Å²) >= 11 is 11.8. The van der Waals surface area contributed by atoms with Crippen LogP contribution in [0.4, 0.5) is 5.69 Å². The summed E-state index contributed by atoms with van der Waals surface area (Å²) in [6.45, 7) is 1.19. The van der Waals surface area contributed by atoms with E-state index in [0.717, 1.165) is 19.3 Å². The quantitative estimate of drug-likeness (QED) is 0.754. The lowest BCUT2D eigenvalue weighted by Crippen LogP contribution is -2.29. The smallest absolute Gasteiger partial charge is 0.229 e. The van der Waals surface area contributed by atoms with Gasteiger partial charge in [-0.2, -0.15) is 0 Å². The molecule has 1 aromatic rings. The Hall–Kier alpha value is -1.52. The third-order valence-corrected chi connectivity index (χ3v) is 5.60. The van der Waals surface area contributed by atoms with E-state index in [1.807, 2.05) is 4.90 Å². The SMILES string of the molecule is O=C(Nc1ccc(Cl)c(Cl)c1)C1CC(=O)N(CCC2=CCCCC2)C1. The van der Waals surface area contributed by atoms with Crippen LogP contribution in [0.15, 0.2) is 29.8 Å². The zero-order chi connectivity index (χ0) is 17.8. The molecule has 3 rings (SSSR count). The molecule has 0 bridgehead atoms. The molecular weight excluding hydrogens is 359 g/mol. The number of nitrogens with zero attached hydrogens (tertiary/aromatic N) is 1. The highest BCUT2D eigenvalue weighted by molar-refractivity contribution is 6.42. The third-order valence-electron chi connectivity index (χ3n) is 4.86. The highest BCUT2D eigenvalue weighted by Gasteiger charge is 2.34. The first-order chi connectivity index (χ1) is 12.0. The van der Waals surface area contributed by atoms with Gasteiger partial charge in [-0.3, -0.25) is 9.59 Å². The van der Waals surface area contributed by atoms with Crippen LogP contribution in [-0.2, 0) is 9.59 Å². The number of hydrogen-bond donors (Lipinski definition) is 1. The lowest BCUT2D eigenvalue weighted by molar-refractivity contribution is -0.128. The molecule has 1 aliphatic carbocycles. The van der Waals surface area contributed by atoms with Gasteiger partial charge in [0.05, 0.1) is 16.0 Å². The van der Waals surface area contributed by atoms with Crippen LogP contribution in [0.3, 0.4) is 0 Å². The van der Waals surface area contributed by atoms with Crippen molar-refractivity contribution in [2.75, 3.05) is 18.4 Å². The Kier molecular flexibility index (Phi) is 6.02. The minimum Gasteiger partial charge on any atom is -0.342 e. The lowest BCUT2D eigenvalue weighted by atomic mass is 9.97. The predicted molar refractivity (Wildman–Crippen MR) is 101 cm³/mol. The normalized spacial score (nSPS) is 20.6. The Morgan fingerprint density at radius 3 is 2.80 bits per heavy atom. The van der Waals surface area contributed by atoms with Gasteiger partial charge >= 0.3 is 0 Å². The van der Waals surface area contributed by atoms with Crippen molar-refractivity contribution in [2.24, 2.45) is 5.92 Å². The Morgan fingerprint density at radius 2 is 2.08 bits per heavy atom. The minimum atomic E-state index is -0.317. The summed E-state index contributed by atoms with van der Waals surface area (Å²) in [6, 6.07) is 4.96. The van der Waals surface area contributed by atoms with E-state index >= 15 is 0 Å². The number of likely N-dealkylation sites (tertiary alicyclic amines) is 1. The van der Waals surface area contributed by atoms with Gasteiger partial charge in [-0.05, 0) is 50.3 Å². The molecule has 0 radical (unpaired) electrons. The van der Waals surface area contributed by atoms with Crippen molar-refractivity contribution < 1.29 is 9.59 Å². The number of amides is 2. The zero-order valence-corrected chi connectivity index (χ0v) is 15.6. The topological polar surface area (TPSA) is 49.4 Å². The average molecular weight is 381 g/mol. The van der Waals surface area contributed by atoms with E-state index in [4.69, 9.17) is 23.2 Å². The van der Waals surface area contributed by atoms with Gasteiger partial charge in [0, 0.05) is 25.2 Å². The first-order valence-electron chi connectivity index (χ1n) is 8.74. The van der Waals surface area contributed by atoms with Gasteiger partial charge in [0.15, 0.2) is 0 Å². The van der Waals surface area contributed by atoms with Crippen molar-refractivity contribution in [1.82, 2.24) is 4.90 Å². The second kappa shape index (κ2) is 8.24. The molecule has 1 N–H and O–H groups in total. The van der Waals surface area contributed by atoms with E-state index in [1.54, 1.807) is 18.2 Å². The van der Waals surface area contributed by atoms with Crippen LogP contribution in [0.25, 0.3) is 0 Å². The van der Waals surface area contributed by atoms with Crippen LogP contribution in [0.2, 0.25) is 10.0 Å². The number of rotatable bonds is 5. The van der Waals surface area contributed by atoms with Crippen molar-refractivity contribution >= 4 is 40.7 Å². The molecule has 1 aromatic carbocycles. The highest BCUT2D eigenvalue weighted by atomic mass is 35.5. The number of allylic oxidation sites excluding steroid dienone is 1. The standard InChI is InChI=1S/C19H22Cl2N2O2/c20-16-7-6-15(11-17(16)21)22-19(25)14-10-18(24)23(12-14)9-8-13-4-2-1-3-5-13/h4,6-7,11,14H,1-3,5,8-10,12H2,(H,22,25). The summed E-state index contributed by atoms with van der Waals surface area (Å²) in [4.78, 5) is 26.4. The molecule has 4 nitrogen and oxygen atoms in total. The highest BCUT2D eigenvalue weighted by Crippen LogP contribution is 2.27. The van der Waals surface area contributed by atoms with E-state index < -0.39 is 0 Å². The fourth-order valence-corrected chi connectivity index (χ4v) is 3.69. The number of carbonyl (C=O) groups excluding carboxylic acids is 2. The van der Waals surface area contributed by atoms with Crippen molar-refractivity contribution in [3.05, 3.63) is 39.9 Å². The van der Waals surface area contributed by atoms with E-state index in [2.05, 4.69) is 11.4 Å². The fourth-order valence-electron chi connectivity index (χ4n) is 3.39. The Bertz CT molecular complexity index is 703. The maximum atomic E-state index is 12.4. The first-order valence-corrected chi connectivity index (χ1v) is 9.50. The first kappa shape index (κ1) is 18.3. The Labute approximate surface area is 158 Å². The molecule has 1 aliphatic heterocycles. The van der Waals surface area contributed by atoms with Crippen molar-refractivity contribution in [3.8, 4) is 0 Å². The third kappa shape index (κ3) is 4.77. The van der Waals surface area contributed by atoms with Crippen LogP contribution in [0.5, 0.6) is 0 Å². The van der Waals surface area contributed by atoms with Gasteiger partial charge < -0.3 is 10.2 Å². The van der Waals surface area contributed by atoms with Crippen LogP contribution < -0.4 is 5.32 Å². The second-order valence-electron chi connectivity index (χ2n) is 6.72. The maximum Gasteiger partial charge on any atom is 0.229 e. The van der Waals surface area contributed by atoms with Crippen molar-refractivity contribution in [2.45, 2.75) is 38.5 Å².